The highest BCUT2D eigenvalue weighted by molar-refractivity contribution is 5.78. The van der Waals surface area contributed by atoms with E-state index in [2.05, 4.69) is 46.5 Å². The van der Waals surface area contributed by atoms with E-state index in [4.69, 9.17) is 5.73 Å². The van der Waals surface area contributed by atoms with Crippen molar-refractivity contribution in [2.75, 3.05) is 25.0 Å². The standard InChI is InChI=1S/C17H26N4/c1-21-12-13(10-14-6-2-5-9-16(14)21)11-19-17(18)20-15-7-3-4-8-15/h2,5-6,9,13,15H,3-4,7-8,10-12H2,1H3,(H3,18,19,20). The maximum absolute atomic E-state index is 6.03. The number of para-hydroxylation sites is 1. The van der Waals surface area contributed by atoms with Crippen molar-refractivity contribution in [3.63, 3.8) is 0 Å². The first-order valence-corrected chi connectivity index (χ1v) is 8.08. The molecule has 0 amide bonds. The van der Waals surface area contributed by atoms with Gasteiger partial charge in [0.15, 0.2) is 5.96 Å². The Morgan fingerprint density at radius 1 is 1.33 bits per heavy atom. The first kappa shape index (κ1) is 14.2. The number of fused-ring (bicyclic) bond motifs is 1. The quantitative estimate of drug-likeness (QED) is 0.661. The summed E-state index contributed by atoms with van der Waals surface area (Å²) >= 11 is 0. The molecular weight excluding hydrogens is 260 g/mol. The number of anilines is 1. The minimum absolute atomic E-state index is 0.545. The van der Waals surface area contributed by atoms with Gasteiger partial charge in [-0.15, -0.1) is 0 Å². The van der Waals surface area contributed by atoms with Crippen molar-refractivity contribution in [2.24, 2.45) is 16.6 Å². The second-order valence-electron chi connectivity index (χ2n) is 6.43. The lowest BCUT2D eigenvalue weighted by molar-refractivity contribution is 0.513. The molecule has 4 heteroatoms. The van der Waals surface area contributed by atoms with Crippen LogP contribution in [-0.2, 0) is 6.42 Å². The molecular formula is C17H26N4. The Kier molecular flexibility index (Phi) is 4.32. The Morgan fingerprint density at radius 2 is 2.10 bits per heavy atom. The fraction of sp³-hybridized carbons (Fsp3) is 0.588. The van der Waals surface area contributed by atoms with Crippen LogP contribution in [0, 0.1) is 5.92 Å². The summed E-state index contributed by atoms with van der Waals surface area (Å²) in [5.41, 5.74) is 8.81. The number of aliphatic imine (C=N–C) groups is 1. The molecule has 114 valence electrons. The third-order valence-corrected chi connectivity index (χ3v) is 4.67. The van der Waals surface area contributed by atoms with Gasteiger partial charge in [0.25, 0.3) is 0 Å². The molecule has 2 aliphatic rings. The molecule has 0 spiro atoms. The summed E-state index contributed by atoms with van der Waals surface area (Å²) in [7, 11) is 2.16. The van der Waals surface area contributed by atoms with Crippen molar-refractivity contribution in [3.8, 4) is 0 Å². The van der Waals surface area contributed by atoms with Crippen molar-refractivity contribution in [2.45, 2.75) is 38.1 Å². The maximum atomic E-state index is 6.03. The third kappa shape index (κ3) is 3.49. The van der Waals surface area contributed by atoms with Crippen molar-refractivity contribution < 1.29 is 0 Å². The zero-order valence-corrected chi connectivity index (χ0v) is 12.9. The topological polar surface area (TPSA) is 53.6 Å². The van der Waals surface area contributed by atoms with Crippen LogP contribution in [0.3, 0.4) is 0 Å². The maximum Gasteiger partial charge on any atom is 0.188 e. The fourth-order valence-corrected chi connectivity index (χ4v) is 3.59. The normalized spacial score (nSPS) is 23.2. The molecule has 4 nitrogen and oxygen atoms in total. The first-order chi connectivity index (χ1) is 10.2. The van der Waals surface area contributed by atoms with Gasteiger partial charge in [0, 0.05) is 37.8 Å². The second-order valence-corrected chi connectivity index (χ2v) is 6.43. The molecule has 1 aliphatic heterocycles. The van der Waals surface area contributed by atoms with Gasteiger partial charge in [0.05, 0.1) is 0 Å². The lowest BCUT2D eigenvalue weighted by Crippen LogP contribution is -2.40. The molecule has 1 aliphatic carbocycles. The van der Waals surface area contributed by atoms with Gasteiger partial charge >= 0.3 is 0 Å². The van der Waals surface area contributed by atoms with Crippen LogP contribution in [0.2, 0.25) is 0 Å². The summed E-state index contributed by atoms with van der Waals surface area (Å²) in [6, 6.07) is 9.20. The molecule has 21 heavy (non-hydrogen) atoms. The number of nitrogens with one attached hydrogen (secondary N) is 1. The largest absolute Gasteiger partial charge is 0.374 e. The fourth-order valence-electron chi connectivity index (χ4n) is 3.59. The molecule has 1 fully saturated rings. The smallest absolute Gasteiger partial charge is 0.188 e. The van der Waals surface area contributed by atoms with E-state index in [1.807, 2.05) is 0 Å². The van der Waals surface area contributed by atoms with Crippen LogP contribution < -0.4 is 16.0 Å². The van der Waals surface area contributed by atoms with Crippen LogP contribution in [-0.4, -0.2) is 32.1 Å². The number of nitrogens with zero attached hydrogens (tertiary/aromatic N) is 2. The number of nitrogens with two attached hydrogens (primary N) is 1. The molecule has 1 unspecified atom stereocenters. The molecule has 1 heterocycles. The van der Waals surface area contributed by atoms with Gasteiger partial charge in [-0.25, -0.2) is 0 Å². The van der Waals surface area contributed by atoms with E-state index in [0.29, 0.717) is 17.9 Å². The summed E-state index contributed by atoms with van der Waals surface area (Å²) in [4.78, 5) is 6.91. The highest BCUT2D eigenvalue weighted by Gasteiger charge is 2.21. The van der Waals surface area contributed by atoms with Gasteiger partial charge in [-0.1, -0.05) is 31.0 Å². The lowest BCUT2D eigenvalue weighted by Gasteiger charge is -2.32. The molecule has 3 rings (SSSR count). The number of rotatable bonds is 3. The SMILES string of the molecule is CN1CC(CN=C(N)NC2CCCC2)Cc2ccccc21. The number of hydrogen-bond donors (Lipinski definition) is 2. The molecule has 1 aromatic rings. The molecule has 1 saturated carbocycles. The summed E-state index contributed by atoms with van der Waals surface area (Å²) < 4.78 is 0. The van der Waals surface area contributed by atoms with Crippen molar-refractivity contribution in [3.05, 3.63) is 29.8 Å². The van der Waals surface area contributed by atoms with Gasteiger partial charge < -0.3 is 16.0 Å². The molecule has 1 atom stereocenters. The summed E-state index contributed by atoms with van der Waals surface area (Å²) in [6.45, 7) is 1.86. The average Bonchev–Trinajstić information content (AvgIpc) is 2.98. The third-order valence-electron chi connectivity index (χ3n) is 4.67. The molecule has 0 saturated heterocycles. The first-order valence-electron chi connectivity index (χ1n) is 8.08. The average molecular weight is 286 g/mol. The van der Waals surface area contributed by atoms with E-state index in [1.54, 1.807) is 0 Å². The number of hydrogen-bond acceptors (Lipinski definition) is 2. The summed E-state index contributed by atoms with van der Waals surface area (Å²) in [5.74, 6) is 1.18. The van der Waals surface area contributed by atoms with E-state index in [1.165, 1.54) is 36.9 Å². The van der Waals surface area contributed by atoms with Crippen LogP contribution in [0.5, 0.6) is 0 Å². The predicted octanol–water partition coefficient (Wildman–Crippen LogP) is 2.14. The van der Waals surface area contributed by atoms with Gasteiger partial charge in [-0.05, 0) is 30.9 Å². The summed E-state index contributed by atoms with van der Waals surface area (Å²) in [6.07, 6.45) is 6.19. The minimum atomic E-state index is 0.545. The Bertz CT molecular complexity index is 505. The Hall–Kier alpha value is -1.71. The highest BCUT2D eigenvalue weighted by Crippen LogP contribution is 2.28. The van der Waals surface area contributed by atoms with Crippen molar-refractivity contribution in [1.29, 1.82) is 0 Å². The van der Waals surface area contributed by atoms with Crippen molar-refractivity contribution in [1.82, 2.24) is 5.32 Å². The van der Waals surface area contributed by atoms with Crippen molar-refractivity contribution >= 4 is 11.6 Å². The van der Waals surface area contributed by atoms with Crippen LogP contribution >= 0.6 is 0 Å². The molecule has 0 bridgehead atoms. The number of benzene rings is 1. The Balaban J connectivity index is 1.56. The van der Waals surface area contributed by atoms with E-state index in [0.717, 1.165) is 19.5 Å². The highest BCUT2D eigenvalue weighted by atomic mass is 15.1. The Morgan fingerprint density at radius 3 is 2.90 bits per heavy atom. The van der Waals surface area contributed by atoms with E-state index >= 15 is 0 Å². The molecule has 0 aromatic heterocycles. The zero-order valence-electron chi connectivity index (χ0n) is 12.9. The lowest BCUT2D eigenvalue weighted by atomic mass is 9.93. The predicted molar refractivity (Wildman–Crippen MR) is 88.8 cm³/mol. The number of guanidine groups is 1. The summed E-state index contributed by atoms with van der Waals surface area (Å²) in [5, 5.41) is 3.36. The second kappa shape index (κ2) is 6.37. The van der Waals surface area contributed by atoms with Crippen LogP contribution in [0.25, 0.3) is 0 Å². The monoisotopic (exact) mass is 286 g/mol. The molecule has 1 aromatic carbocycles. The Labute approximate surface area is 127 Å². The van der Waals surface area contributed by atoms with E-state index < -0.39 is 0 Å². The molecule has 0 radical (unpaired) electrons. The van der Waals surface area contributed by atoms with Crippen LogP contribution in [0.4, 0.5) is 5.69 Å². The van der Waals surface area contributed by atoms with Crippen LogP contribution in [0.1, 0.15) is 31.2 Å². The minimum Gasteiger partial charge on any atom is -0.374 e. The van der Waals surface area contributed by atoms with Gasteiger partial charge in [-0.3, -0.25) is 4.99 Å². The van der Waals surface area contributed by atoms with Gasteiger partial charge in [-0.2, -0.15) is 0 Å². The molecule has 3 N–H and O–H groups in total. The van der Waals surface area contributed by atoms with E-state index in [-0.39, 0.29) is 0 Å². The van der Waals surface area contributed by atoms with Crippen LogP contribution in [0.15, 0.2) is 29.3 Å². The van der Waals surface area contributed by atoms with E-state index in [9.17, 15) is 0 Å². The van der Waals surface area contributed by atoms with Gasteiger partial charge in [0.2, 0.25) is 0 Å². The van der Waals surface area contributed by atoms with Gasteiger partial charge in [0.1, 0.15) is 0 Å². The zero-order chi connectivity index (χ0) is 14.7.